The molecule has 1 N–H and O–H groups in total. The van der Waals surface area contributed by atoms with Gasteiger partial charge in [-0.15, -0.1) is 5.10 Å². The average molecular weight is 238 g/mol. The standard InChI is InChI=1S/C10H14N4O3/c1-7(2)4-13(3)10(17)8-5-14(12-11-8)6-9(15)16/h5H,1,4,6H2,2-3H3,(H,15,16). The normalized spacial score (nSPS) is 10.0. The van der Waals surface area contributed by atoms with Crippen LogP contribution in [0.2, 0.25) is 0 Å². The maximum absolute atomic E-state index is 11.8. The summed E-state index contributed by atoms with van der Waals surface area (Å²) in [5, 5.41) is 15.7. The van der Waals surface area contributed by atoms with Crippen molar-refractivity contribution in [1.82, 2.24) is 19.9 Å². The van der Waals surface area contributed by atoms with Gasteiger partial charge in [0, 0.05) is 13.6 Å². The third kappa shape index (κ3) is 3.71. The maximum atomic E-state index is 11.8. The van der Waals surface area contributed by atoms with Gasteiger partial charge < -0.3 is 10.0 Å². The van der Waals surface area contributed by atoms with Crippen molar-refractivity contribution in [2.24, 2.45) is 0 Å². The van der Waals surface area contributed by atoms with Crippen molar-refractivity contribution in [3.05, 3.63) is 24.0 Å². The minimum atomic E-state index is -1.04. The summed E-state index contributed by atoms with van der Waals surface area (Å²) in [4.78, 5) is 23.7. The van der Waals surface area contributed by atoms with Gasteiger partial charge in [0.25, 0.3) is 5.91 Å². The molecule has 1 rings (SSSR count). The van der Waals surface area contributed by atoms with Gasteiger partial charge in [-0.1, -0.05) is 17.4 Å². The van der Waals surface area contributed by atoms with Crippen LogP contribution in [-0.4, -0.2) is 50.5 Å². The molecule has 1 aromatic heterocycles. The number of amides is 1. The molecule has 0 atom stereocenters. The van der Waals surface area contributed by atoms with E-state index in [0.29, 0.717) is 6.54 Å². The van der Waals surface area contributed by atoms with E-state index in [0.717, 1.165) is 10.3 Å². The molecule has 1 heterocycles. The van der Waals surface area contributed by atoms with Gasteiger partial charge >= 0.3 is 5.97 Å². The highest BCUT2D eigenvalue weighted by Crippen LogP contribution is 2.01. The minimum absolute atomic E-state index is 0.120. The molecular weight excluding hydrogens is 224 g/mol. The van der Waals surface area contributed by atoms with Crippen LogP contribution in [0.1, 0.15) is 17.4 Å². The Labute approximate surface area is 98.3 Å². The summed E-state index contributed by atoms with van der Waals surface area (Å²) in [6.07, 6.45) is 1.31. The smallest absolute Gasteiger partial charge is 0.325 e. The molecular formula is C10H14N4O3. The third-order valence-corrected chi connectivity index (χ3v) is 1.91. The second-order valence-electron chi connectivity index (χ2n) is 3.81. The molecule has 0 aromatic carbocycles. The predicted molar refractivity (Wildman–Crippen MR) is 59.4 cm³/mol. The molecule has 1 aromatic rings. The minimum Gasteiger partial charge on any atom is -0.480 e. The molecule has 0 bridgehead atoms. The van der Waals surface area contributed by atoms with Crippen LogP contribution < -0.4 is 0 Å². The van der Waals surface area contributed by atoms with Crippen LogP contribution in [0.4, 0.5) is 0 Å². The fourth-order valence-corrected chi connectivity index (χ4v) is 1.28. The number of nitrogens with zero attached hydrogens (tertiary/aromatic N) is 4. The van der Waals surface area contributed by atoms with Crippen LogP contribution in [0.3, 0.4) is 0 Å². The molecule has 0 aliphatic heterocycles. The highest BCUT2D eigenvalue weighted by atomic mass is 16.4. The number of carboxylic acid groups (broad SMARTS) is 1. The van der Waals surface area contributed by atoms with E-state index in [9.17, 15) is 9.59 Å². The van der Waals surface area contributed by atoms with Crippen LogP contribution in [0.15, 0.2) is 18.3 Å². The van der Waals surface area contributed by atoms with E-state index in [4.69, 9.17) is 5.11 Å². The second-order valence-corrected chi connectivity index (χ2v) is 3.81. The van der Waals surface area contributed by atoms with E-state index in [1.807, 2.05) is 6.92 Å². The number of carbonyl (C=O) groups excluding carboxylic acids is 1. The summed E-state index contributed by atoms with van der Waals surface area (Å²) in [5.41, 5.74) is 0.966. The summed E-state index contributed by atoms with van der Waals surface area (Å²) in [5.74, 6) is -1.35. The summed E-state index contributed by atoms with van der Waals surface area (Å²) in [7, 11) is 1.62. The first-order chi connectivity index (χ1) is 7.90. The van der Waals surface area contributed by atoms with Gasteiger partial charge in [-0.3, -0.25) is 9.59 Å². The van der Waals surface area contributed by atoms with Gasteiger partial charge in [-0.25, -0.2) is 4.68 Å². The second kappa shape index (κ2) is 5.24. The molecule has 17 heavy (non-hydrogen) atoms. The summed E-state index contributed by atoms with van der Waals surface area (Å²) in [6.45, 7) is 5.62. The van der Waals surface area contributed by atoms with Gasteiger partial charge in [0.15, 0.2) is 5.69 Å². The lowest BCUT2D eigenvalue weighted by Gasteiger charge is -2.14. The van der Waals surface area contributed by atoms with Crippen molar-refractivity contribution in [3.8, 4) is 0 Å². The lowest BCUT2D eigenvalue weighted by Crippen LogP contribution is -2.28. The van der Waals surface area contributed by atoms with Crippen LogP contribution in [-0.2, 0) is 11.3 Å². The molecule has 0 fully saturated rings. The molecule has 0 spiro atoms. The van der Waals surface area contributed by atoms with E-state index in [1.165, 1.54) is 11.1 Å². The lowest BCUT2D eigenvalue weighted by molar-refractivity contribution is -0.137. The van der Waals surface area contributed by atoms with E-state index >= 15 is 0 Å². The zero-order chi connectivity index (χ0) is 13.0. The van der Waals surface area contributed by atoms with Crippen molar-refractivity contribution in [3.63, 3.8) is 0 Å². The van der Waals surface area contributed by atoms with Gasteiger partial charge in [-0.2, -0.15) is 0 Å². The number of likely N-dealkylation sites (N-methyl/N-ethyl adjacent to an activating group) is 1. The zero-order valence-electron chi connectivity index (χ0n) is 9.75. The van der Waals surface area contributed by atoms with Gasteiger partial charge in [0.1, 0.15) is 6.54 Å². The van der Waals surface area contributed by atoms with Gasteiger partial charge in [0.2, 0.25) is 0 Å². The van der Waals surface area contributed by atoms with E-state index in [2.05, 4.69) is 16.9 Å². The monoisotopic (exact) mass is 238 g/mol. The van der Waals surface area contributed by atoms with Crippen LogP contribution in [0.25, 0.3) is 0 Å². The topological polar surface area (TPSA) is 88.3 Å². The Morgan fingerprint density at radius 2 is 2.24 bits per heavy atom. The number of aliphatic carboxylic acids is 1. The molecule has 7 nitrogen and oxygen atoms in total. The lowest BCUT2D eigenvalue weighted by atomic mass is 10.3. The highest BCUT2D eigenvalue weighted by molar-refractivity contribution is 5.91. The molecule has 0 saturated carbocycles. The molecule has 0 radical (unpaired) electrons. The predicted octanol–water partition coefficient (Wildman–Crippen LogP) is 0.0108. The molecule has 0 aliphatic carbocycles. The molecule has 1 amide bonds. The molecule has 0 unspecified atom stereocenters. The Bertz CT molecular complexity index is 452. The number of rotatable bonds is 5. The van der Waals surface area contributed by atoms with Crippen molar-refractivity contribution in [2.75, 3.05) is 13.6 Å². The van der Waals surface area contributed by atoms with Crippen LogP contribution >= 0.6 is 0 Å². The largest absolute Gasteiger partial charge is 0.480 e. The fourth-order valence-electron chi connectivity index (χ4n) is 1.28. The van der Waals surface area contributed by atoms with Gasteiger partial charge in [-0.05, 0) is 6.92 Å². The highest BCUT2D eigenvalue weighted by Gasteiger charge is 2.16. The van der Waals surface area contributed by atoms with E-state index in [-0.39, 0.29) is 18.1 Å². The molecule has 7 heteroatoms. The van der Waals surface area contributed by atoms with Crippen molar-refractivity contribution in [1.29, 1.82) is 0 Å². The van der Waals surface area contributed by atoms with Crippen molar-refractivity contribution < 1.29 is 14.7 Å². The Morgan fingerprint density at radius 1 is 1.59 bits per heavy atom. The SMILES string of the molecule is C=C(C)CN(C)C(=O)c1cn(CC(=O)O)nn1. The van der Waals surface area contributed by atoms with E-state index < -0.39 is 5.97 Å². The number of carbonyl (C=O) groups is 2. The number of carboxylic acids is 1. The third-order valence-electron chi connectivity index (χ3n) is 1.91. The average Bonchev–Trinajstić information content (AvgIpc) is 2.62. The van der Waals surface area contributed by atoms with Crippen LogP contribution in [0.5, 0.6) is 0 Å². The molecule has 92 valence electrons. The first-order valence-corrected chi connectivity index (χ1v) is 4.92. The first-order valence-electron chi connectivity index (χ1n) is 4.92. The number of hydrogen-bond acceptors (Lipinski definition) is 4. The zero-order valence-corrected chi connectivity index (χ0v) is 9.75. The maximum Gasteiger partial charge on any atom is 0.325 e. The fraction of sp³-hybridized carbons (Fsp3) is 0.400. The summed E-state index contributed by atoms with van der Waals surface area (Å²) >= 11 is 0. The van der Waals surface area contributed by atoms with Gasteiger partial charge in [0.05, 0.1) is 6.20 Å². The summed E-state index contributed by atoms with van der Waals surface area (Å²) < 4.78 is 1.10. The Morgan fingerprint density at radius 3 is 2.76 bits per heavy atom. The van der Waals surface area contributed by atoms with Crippen LogP contribution in [0, 0.1) is 0 Å². The van der Waals surface area contributed by atoms with E-state index in [1.54, 1.807) is 7.05 Å². The Hall–Kier alpha value is -2.18. The first kappa shape index (κ1) is 12.9. The van der Waals surface area contributed by atoms with Crippen molar-refractivity contribution >= 4 is 11.9 Å². The number of hydrogen-bond donors (Lipinski definition) is 1. The Kier molecular flexibility index (Phi) is 3.97. The Balaban J connectivity index is 2.72. The molecule has 0 saturated heterocycles. The van der Waals surface area contributed by atoms with Crippen molar-refractivity contribution in [2.45, 2.75) is 13.5 Å². The molecule has 0 aliphatic rings. The quantitative estimate of drug-likeness (QED) is 0.730. The number of aromatic nitrogens is 3. The summed E-state index contributed by atoms with van der Waals surface area (Å²) in [6, 6.07) is 0.